The van der Waals surface area contributed by atoms with Crippen LogP contribution in [-0.2, 0) is 11.2 Å². The third-order valence-electron chi connectivity index (χ3n) is 4.46. The summed E-state index contributed by atoms with van der Waals surface area (Å²) < 4.78 is 0. The molecule has 0 aromatic carbocycles. The first-order chi connectivity index (χ1) is 11.1. The Bertz CT molecular complexity index is 513. The van der Waals surface area contributed by atoms with Crippen LogP contribution in [0, 0.1) is 5.92 Å². The number of likely N-dealkylation sites (N-methyl/N-ethyl adjacent to an activating group) is 1. The Hall–Kier alpha value is -0.830. The van der Waals surface area contributed by atoms with Gasteiger partial charge in [0.05, 0.1) is 0 Å². The number of amides is 1. The van der Waals surface area contributed by atoms with E-state index >= 15 is 0 Å². The Labute approximate surface area is 166 Å². The monoisotopic (exact) mass is 464 g/mol. The first-order valence-electron chi connectivity index (χ1n) is 8.30. The second kappa shape index (κ2) is 10.9. The van der Waals surface area contributed by atoms with Gasteiger partial charge >= 0.3 is 0 Å². The molecule has 0 unspecified atom stereocenters. The minimum Gasteiger partial charge on any atom is -0.356 e. The largest absolute Gasteiger partial charge is 0.356 e. The van der Waals surface area contributed by atoms with Crippen LogP contribution in [0.1, 0.15) is 24.6 Å². The lowest BCUT2D eigenvalue weighted by atomic mass is 9.97. The van der Waals surface area contributed by atoms with Gasteiger partial charge in [-0.15, -0.1) is 35.3 Å². The molecule has 0 saturated carbocycles. The second-order valence-corrected chi connectivity index (χ2v) is 7.16. The van der Waals surface area contributed by atoms with E-state index in [1.165, 1.54) is 4.88 Å². The highest BCUT2D eigenvalue weighted by Crippen LogP contribution is 2.16. The molecule has 136 valence electrons. The molecule has 1 aliphatic heterocycles. The van der Waals surface area contributed by atoms with Gasteiger partial charge in [-0.2, -0.15) is 0 Å². The SMILES string of the molecule is CN=C(NCC1CCN(C(C)=O)CC1)N(C)CCc1cccs1.I. The molecule has 2 rings (SSSR count). The number of thiophene rings is 1. The highest BCUT2D eigenvalue weighted by atomic mass is 127. The molecular formula is C17H29IN4OS. The molecule has 1 fully saturated rings. The molecule has 7 heteroatoms. The van der Waals surface area contributed by atoms with Gasteiger partial charge in [-0.1, -0.05) is 6.07 Å². The number of aliphatic imine (C=N–C) groups is 1. The zero-order valence-electron chi connectivity index (χ0n) is 14.8. The predicted molar refractivity (Wildman–Crippen MR) is 112 cm³/mol. The number of hydrogen-bond donors (Lipinski definition) is 1. The molecule has 0 bridgehead atoms. The number of carbonyl (C=O) groups excluding carboxylic acids is 1. The topological polar surface area (TPSA) is 47.9 Å². The number of carbonyl (C=O) groups is 1. The predicted octanol–water partition coefficient (Wildman–Crippen LogP) is 2.67. The fraction of sp³-hybridized carbons (Fsp3) is 0.647. The molecule has 1 saturated heterocycles. The fourth-order valence-electron chi connectivity index (χ4n) is 2.91. The van der Waals surface area contributed by atoms with Crippen molar-refractivity contribution >= 4 is 47.2 Å². The van der Waals surface area contributed by atoms with Crippen molar-refractivity contribution in [3.8, 4) is 0 Å². The van der Waals surface area contributed by atoms with Crippen LogP contribution in [0.3, 0.4) is 0 Å². The van der Waals surface area contributed by atoms with E-state index in [2.05, 4.69) is 39.8 Å². The van der Waals surface area contributed by atoms with E-state index in [1.807, 2.05) is 11.9 Å². The van der Waals surface area contributed by atoms with Crippen molar-refractivity contribution in [2.75, 3.05) is 40.3 Å². The van der Waals surface area contributed by atoms with Gasteiger partial charge in [-0.3, -0.25) is 9.79 Å². The Morgan fingerprint density at radius 3 is 2.71 bits per heavy atom. The van der Waals surface area contributed by atoms with Crippen LogP contribution in [0.15, 0.2) is 22.5 Å². The van der Waals surface area contributed by atoms with Crippen molar-refractivity contribution in [3.05, 3.63) is 22.4 Å². The van der Waals surface area contributed by atoms with Gasteiger partial charge in [0.2, 0.25) is 5.91 Å². The number of rotatable bonds is 5. The first kappa shape index (κ1) is 21.2. The van der Waals surface area contributed by atoms with Crippen LogP contribution in [0.4, 0.5) is 0 Å². The summed E-state index contributed by atoms with van der Waals surface area (Å²) in [6, 6.07) is 4.28. The van der Waals surface area contributed by atoms with Crippen molar-refractivity contribution in [1.82, 2.24) is 15.1 Å². The van der Waals surface area contributed by atoms with Crippen LogP contribution >= 0.6 is 35.3 Å². The minimum absolute atomic E-state index is 0. The van der Waals surface area contributed by atoms with Gasteiger partial charge in [-0.25, -0.2) is 0 Å². The Kier molecular flexibility index (Phi) is 9.65. The Morgan fingerprint density at radius 2 is 2.17 bits per heavy atom. The summed E-state index contributed by atoms with van der Waals surface area (Å²) in [5.74, 6) is 1.77. The third-order valence-corrected chi connectivity index (χ3v) is 5.39. The third kappa shape index (κ3) is 6.58. The molecular weight excluding hydrogens is 435 g/mol. The Morgan fingerprint density at radius 1 is 1.46 bits per heavy atom. The first-order valence-corrected chi connectivity index (χ1v) is 9.17. The maximum absolute atomic E-state index is 11.4. The van der Waals surface area contributed by atoms with Gasteiger partial charge in [0, 0.05) is 52.1 Å². The molecule has 24 heavy (non-hydrogen) atoms. The normalized spacial score (nSPS) is 15.8. The van der Waals surface area contributed by atoms with Crippen LogP contribution in [0.2, 0.25) is 0 Å². The van der Waals surface area contributed by atoms with Crippen LogP contribution < -0.4 is 5.32 Å². The smallest absolute Gasteiger partial charge is 0.219 e. The summed E-state index contributed by atoms with van der Waals surface area (Å²) in [4.78, 5) is 21.3. The zero-order chi connectivity index (χ0) is 16.7. The molecule has 5 nitrogen and oxygen atoms in total. The fourth-order valence-corrected chi connectivity index (χ4v) is 3.61. The van der Waals surface area contributed by atoms with Crippen molar-refractivity contribution in [1.29, 1.82) is 0 Å². The van der Waals surface area contributed by atoms with Crippen molar-refractivity contribution in [2.24, 2.45) is 10.9 Å². The number of nitrogens with one attached hydrogen (secondary N) is 1. The summed E-state index contributed by atoms with van der Waals surface area (Å²) in [6.07, 6.45) is 3.19. The molecule has 0 aliphatic carbocycles. The van der Waals surface area contributed by atoms with Gasteiger partial charge in [0.25, 0.3) is 0 Å². The van der Waals surface area contributed by atoms with E-state index in [9.17, 15) is 4.79 Å². The average Bonchev–Trinajstić information content (AvgIpc) is 3.07. The lowest BCUT2D eigenvalue weighted by Gasteiger charge is -2.32. The van der Waals surface area contributed by atoms with E-state index < -0.39 is 0 Å². The molecule has 1 aromatic rings. The number of hydrogen-bond acceptors (Lipinski definition) is 3. The maximum atomic E-state index is 11.4. The zero-order valence-corrected chi connectivity index (χ0v) is 18.0. The molecule has 1 N–H and O–H groups in total. The summed E-state index contributed by atoms with van der Waals surface area (Å²) in [5.41, 5.74) is 0. The summed E-state index contributed by atoms with van der Waals surface area (Å²) >= 11 is 1.80. The highest BCUT2D eigenvalue weighted by Gasteiger charge is 2.21. The van der Waals surface area contributed by atoms with Crippen molar-refractivity contribution in [2.45, 2.75) is 26.2 Å². The molecule has 1 amide bonds. The van der Waals surface area contributed by atoms with Gasteiger partial charge in [-0.05, 0) is 36.6 Å². The minimum atomic E-state index is 0. The molecule has 1 aliphatic rings. The van der Waals surface area contributed by atoms with Gasteiger partial charge in [0.1, 0.15) is 0 Å². The van der Waals surface area contributed by atoms with E-state index in [4.69, 9.17) is 0 Å². The van der Waals surface area contributed by atoms with E-state index in [1.54, 1.807) is 18.3 Å². The molecule has 0 atom stereocenters. The summed E-state index contributed by atoms with van der Waals surface area (Å²) in [7, 11) is 3.92. The van der Waals surface area contributed by atoms with Crippen molar-refractivity contribution < 1.29 is 4.79 Å². The Balaban J connectivity index is 0.00000288. The number of piperidine rings is 1. The molecule has 0 radical (unpaired) electrons. The van der Waals surface area contributed by atoms with Crippen LogP contribution in [0.5, 0.6) is 0 Å². The standard InChI is InChI=1S/C17H28N4OS.HI/c1-14(22)21-10-6-15(7-11-21)13-19-17(18-2)20(3)9-8-16-5-4-12-23-16;/h4-5,12,15H,6-11,13H2,1-3H3,(H,18,19);1H. The second-order valence-electron chi connectivity index (χ2n) is 6.13. The maximum Gasteiger partial charge on any atom is 0.219 e. The number of nitrogens with zero attached hydrogens (tertiary/aromatic N) is 3. The molecule has 1 aromatic heterocycles. The van der Waals surface area contributed by atoms with E-state index in [-0.39, 0.29) is 29.9 Å². The summed E-state index contributed by atoms with van der Waals surface area (Å²) in [6.45, 7) is 5.32. The highest BCUT2D eigenvalue weighted by molar-refractivity contribution is 14.0. The quantitative estimate of drug-likeness (QED) is 0.414. The van der Waals surface area contributed by atoms with Crippen molar-refractivity contribution in [3.63, 3.8) is 0 Å². The van der Waals surface area contributed by atoms with E-state index in [0.717, 1.165) is 51.4 Å². The number of likely N-dealkylation sites (tertiary alicyclic amines) is 1. The van der Waals surface area contributed by atoms with E-state index in [0.29, 0.717) is 5.92 Å². The van der Waals surface area contributed by atoms with Gasteiger partial charge < -0.3 is 15.1 Å². The average molecular weight is 464 g/mol. The van der Waals surface area contributed by atoms with Crippen LogP contribution in [0.25, 0.3) is 0 Å². The molecule has 0 spiro atoms. The van der Waals surface area contributed by atoms with Gasteiger partial charge in [0.15, 0.2) is 5.96 Å². The lowest BCUT2D eigenvalue weighted by molar-refractivity contribution is -0.130. The molecule has 2 heterocycles. The summed E-state index contributed by atoms with van der Waals surface area (Å²) in [5, 5.41) is 5.61. The van der Waals surface area contributed by atoms with Crippen LogP contribution in [-0.4, -0.2) is 61.9 Å². The number of guanidine groups is 1. The number of halogens is 1. The lowest BCUT2D eigenvalue weighted by Crippen LogP contribution is -2.44.